The third-order valence-corrected chi connectivity index (χ3v) is 15.2. The Morgan fingerprint density at radius 2 is 0.587 bits per heavy atom. The average Bonchev–Trinajstić information content (AvgIpc) is 3.36. The van der Waals surface area contributed by atoms with Crippen LogP contribution in [0.4, 0.5) is 0 Å². The van der Waals surface area contributed by atoms with Gasteiger partial charge in [-0.1, -0.05) is 242 Å². The molecular weight excluding hydrogens is 797 g/mol. The van der Waals surface area contributed by atoms with Crippen LogP contribution in [-0.2, 0) is 5.41 Å². The molecule has 0 amide bonds. The van der Waals surface area contributed by atoms with Gasteiger partial charge in [0.05, 0.1) is 5.41 Å². The summed E-state index contributed by atoms with van der Waals surface area (Å²) in [6, 6.07) is 89.7. The van der Waals surface area contributed by atoms with E-state index in [4.69, 9.17) is 0 Å². The number of hydrogen-bond donors (Lipinski definition) is 0. The number of rotatable bonds is 6. The van der Waals surface area contributed by atoms with Crippen LogP contribution in [-0.4, -0.2) is 0 Å². The van der Waals surface area contributed by atoms with Gasteiger partial charge in [0.15, 0.2) is 0 Å². The highest BCUT2D eigenvalue weighted by Crippen LogP contribution is 2.62. The molecule has 296 valence electrons. The van der Waals surface area contributed by atoms with Gasteiger partial charge < -0.3 is 0 Å². The molecule has 0 fully saturated rings. The molecule has 0 saturated heterocycles. The maximum absolute atomic E-state index is 2.44. The summed E-state index contributed by atoms with van der Waals surface area (Å²) >= 11 is 3.80. The lowest BCUT2D eigenvalue weighted by Gasteiger charge is -2.46. The van der Waals surface area contributed by atoms with Crippen LogP contribution >= 0.6 is 23.5 Å². The van der Waals surface area contributed by atoms with Crippen LogP contribution in [0.25, 0.3) is 66.8 Å². The van der Waals surface area contributed by atoms with Crippen molar-refractivity contribution in [3.63, 3.8) is 0 Å². The maximum atomic E-state index is 2.44. The van der Waals surface area contributed by atoms with Crippen molar-refractivity contribution in [2.75, 3.05) is 0 Å². The zero-order valence-electron chi connectivity index (χ0n) is 34.4. The molecule has 0 aromatic heterocycles. The molecule has 12 rings (SSSR count). The molecule has 0 radical (unpaired) electrons. The summed E-state index contributed by atoms with van der Waals surface area (Å²) in [7, 11) is 0. The van der Waals surface area contributed by atoms with Crippen molar-refractivity contribution in [1.82, 2.24) is 0 Å². The van der Waals surface area contributed by atoms with Crippen LogP contribution in [0, 0.1) is 0 Å². The summed E-state index contributed by atoms with van der Waals surface area (Å²) < 4.78 is 0. The van der Waals surface area contributed by atoms with Crippen LogP contribution in [0.3, 0.4) is 0 Å². The Morgan fingerprint density at radius 1 is 0.238 bits per heavy atom. The first kappa shape index (κ1) is 37.6. The van der Waals surface area contributed by atoms with Crippen LogP contribution in [0.1, 0.15) is 22.3 Å². The molecule has 10 aromatic carbocycles. The Bertz CT molecular complexity index is 3240. The molecule has 0 unspecified atom stereocenters. The van der Waals surface area contributed by atoms with Crippen molar-refractivity contribution in [3.05, 3.63) is 265 Å². The summed E-state index contributed by atoms with van der Waals surface area (Å²) in [5.41, 5.74) is 19.5. The SMILES string of the molecule is c1ccc(-c2cc(-c3ccc(-c4cccc5c4Sc4ccccc4C54c5ccccc5Sc5ccccc54)cc3)c(-c3ccccc3)c(-c3ccccc3)c2-c2ccccc2)cc1. The van der Waals surface area contributed by atoms with Gasteiger partial charge in [0, 0.05) is 19.6 Å². The molecule has 10 aromatic rings. The Balaban J connectivity index is 1.09. The minimum absolute atomic E-state index is 0.446. The molecule has 2 aliphatic heterocycles. The normalized spacial score (nSPS) is 13.1. The minimum atomic E-state index is -0.446. The fourth-order valence-corrected chi connectivity index (χ4v) is 12.7. The van der Waals surface area contributed by atoms with Crippen LogP contribution in [0.5, 0.6) is 0 Å². The lowest BCUT2D eigenvalue weighted by Crippen LogP contribution is -2.36. The average molecular weight is 837 g/mol. The summed E-state index contributed by atoms with van der Waals surface area (Å²) in [5, 5.41) is 0. The minimum Gasteiger partial charge on any atom is -0.0894 e. The van der Waals surface area contributed by atoms with E-state index in [1.807, 2.05) is 23.5 Å². The van der Waals surface area contributed by atoms with Gasteiger partial charge in [0.2, 0.25) is 0 Å². The largest absolute Gasteiger partial charge is 0.0894 e. The molecule has 0 saturated carbocycles. The first-order valence-corrected chi connectivity index (χ1v) is 23.2. The Kier molecular flexibility index (Phi) is 9.36. The van der Waals surface area contributed by atoms with Crippen molar-refractivity contribution in [2.24, 2.45) is 0 Å². The Morgan fingerprint density at radius 3 is 1.06 bits per heavy atom. The molecular formula is C61H40S2. The lowest BCUT2D eigenvalue weighted by atomic mass is 9.64. The van der Waals surface area contributed by atoms with Gasteiger partial charge in [-0.15, -0.1) is 0 Å². The van der Waals surface area contributed by atoms with Gasteiger partial charge in [-0.05, 0) is 113 Å². The van der Waals surface area contributed by atoms with Gasteiger partial charge >= 0.3 is 0 Å². The maximum Gasteiger partial charge on any atom is 0.0745 e. The summed E-state index contributed by atoms with van der Waals surface area (Å²) in [6.07, 6.45) is 0. The third kappa shape index (κ3) is 6.16. The second-order valence-electron chi connectivity index (χ2n) is 16.3. The van der Waals surface area contributed by atoms with Gasteiger partial charge in [-0.3, -0.25) is 0 Å². The van der Waals surface area contributed by atoms with Crippen molar-refractivity contribution in [3.8, 4) is 66.8 Å². The molecule has 2 heteroatoms. The molecule has 0 aliphatic carbocycles. The predicted octanol–water partition coefficient (Wildman–Crippen LogP) is 17.0. The van der Waals surface area contributed by atoms with E-state index in [-0.39, 0.29) is 0 Å². The fourth-order valence-electron chi connectivity index (χ4n) is 10.2. The van der Waals surface area contributed by atoms with E-state index in [1.165, 1.54) is 109 Å². The standard InChI is InChI=1S/C61H40S2/c1-5-20-41(21-6-1)48-40-49(58(45-24-9-3-10-25-45)59(46-26-11-4-12-27-46)57(48)44-22-7-2-8-23-44)43-38-36-42(37-39-43)47-28-19-32-53-60(47)63-56-35-18-15-31-52(56)61(53)50-29-13-16-33-54(50)62-55-34-17-14-30-51(55)61/h1-40H. The predicted molar refractivity (Wildman–Crippen MR) is 266 cm³/mol. The molecule has 63 heavy (non-hydrogen) atoms. The van der Waals surface area contributed by atoms with Crippen molar-refractivity contribution < 1.29 is 0 Å². The van der Waals surface area contributed by atoms with E-state index >= 15 is 0 Å². The van der Waals surface area contributed by atoms with Gasteiger partial charge in [-0.25, -0.2) is 0 Å². The molecule has 0 N–H and O–H groups in total. The molecule has 0 bridgehead atoms. The quantitative estimate of drug-likeness (QED) is 0.164. The van der Waals surface area contributed by atoms with E-state index < -0.39 is 5.41 Å². The zero-order valence-corrected chi connectivity index (χ0v) is 36.0. The number of benzene rings is 10. The van der Waals surface area contributed by atoms with Crippen molar-refractivity contribution >= 4 is 23.5 Å². The third-order valence-electron chi connectivity index (χ3n) is 12.8. The summed E-state index contributed by atoms with van der Waals surface area (Å²) in [4.78, 5) is 5.25. The van der Waals surface area contributed by atoms with E-state index in [0.717, 1.165) is 0 Å². The van der Waals surface area contributed by atoms with Gasteiger partial charge in [0.1, 0.15) is 0 Å². The smallest absolute Gasteiger partial charge is 0.0745 e. The molecule has 2 aliphatic rings. The van der Waals surface area contributed by atoms with Crippen LogP contribution in [0.2, 0.25) is 0 Å². The van der Waals surface area contributed by atoms with Crippen molar-refractivity contribution in [2.45, 2.75) is 25.0 Å². The first-order chi connectivity index (χ1) is 31.3. The number of fused-ring (bicyclic) bond motifs is 8. The Hall–Kier alpha value is -7.10. The second-order valence-corrected chi connectivity index (χ2v) is 18.4. The monoisotopic (exact) mass is 836 g/mol. The molecule has 2 heterocycles. The molecule has 0 atom stereocenters. The van der Waals surface area contributed by atoms with E-state index in [2.05, 4.69) is 243 Å². The highest BCUT2D eigenvalue weighted by molar-refractivity contribution is 8.00. The Labute approximate surface area is 378 Å². The van der Waals surface area contributed by atoms with E-state index in [0.29, 0.717) is 0 Å². The summed E-state index contributed by atoms with van der Waals surface area (Å²) in [6.45, 7) is 0. The zero-order chi connectivity index (χ0) is 41.7. The number of hydrogen-bond acceptors (Lipinski definition) is 2. The highest BCUT2D eigenvalue weighted by Gasteiger charge is 2.49. The van der Waals surface area contributed by atoms with E-state index in [1.54, 1.807) is 0 Å². The van der Waals surface area contributed by atoms with E-state index in [9.17, 15) is 0 Å². The fraction of sp³-hybridized carbons (Fsp3) is 0.0164. The lowest BCUT2D eigenvalue weighted by molar-refractivity contribution is 0.668. The van der Waals surface area contributed by atoms with Gasteiger partial charge in [0.25, 0.3) is 0 Å². The molecule has 0 nitrogen and oxygen atoms in total. The van der Waals surface area contributed by atoms with Crippen molar-refractivity contribution in [1.29, 1.82) is 0 Å². The van der Waals surface area contributed by atoms with Crippen LogP contribution < -0.4 is 0 Å². The first-order valence-electron chi connectivity index (χ1n) is 21.6. The highest BCUT2D eigenvalue weighted by atomic mass is 32.2. The topological polar surface area (TPSA) is 0 Å². The van der Waals surface area contributed by atoms with Gasteiger partial charge in [-0.2, -0.15) is 0 Å². The summed E-state index contributed by atoms with van der Waals surface area (Å²) in [5.74, 6) is 0. The van der Waals surface area contributed by atoms with Crippen LogP contribution in [0.15, 0.2) is 262 Å². The molecule has 1 spiro atoms. The second kappa shape index (κ2) is 15.7.